The van der Waals surface area contributed by atoms with Crippen LogP contribution in [0.25, 0.3) is 44.5 Å². The summed E-state index contributed by atoms with van der Waals surface area (Å²) in [7, 11) is 0. The van der Waals surface area contributed by atoms with Crippen LogP contribution in [0.2, 0.25) is 0 Å². The molecule has 4 aliphatic carbocycles. The molecule has 0 heterocycles. The molecule has 1 spiro atoms. The summed E-state index contributed by atoms with van der Waals surface area (Å²) in [4.78, 5) is 2.57. The molecule has 12 rings (SSSR count). The van der Waals surface area contributed by atoms with E-state index in [0.29, 0.717) is 5.92 Å². The smallest absolute Gasteiger partial charge is 0.0726 e. The number of benzene rings is 8. The molecule has 326 valence electrons. The van der Waals surface area contributed by atoms with Gasteiger partial charge in [-0.15, -0.1) is 0 Å². The van der Waals surface area contributed by atoms with Gasteiger partial charge in [-0.1, -0.05) is 208 Å². The van der Waals surface area contributed by atoms with Crippen LogP contribution in [0.1, 0.15) is 137 Å². The summed E-state index contributed by atoms with van der Waals surface area (Å²) >= 11 is 0. The molecular formula is C65H61N. The number of anilines is 3. The van der Waals surface area contributed by atoms with Crippen LogP contribution < -0.4 is 4.90 Å². The van der Waals surface area contributed by atoms with E-state index in [0.717, 1.165) is 5.69 Å². The van der Waals surface area contributed by atoms with Gasteiger partial charge in [-0.25, -0.2) is 0 Å². The van der Waals surface area contributed by atoms with E-state index in [4.69, 9.17) is 0 Å². The first kappa shape index (κ1) is 41.0. The molecule has 1 nitrogen and oxygen atoms in total. The molecular weight excluding hydrogens is 795 g/mol. The highest BCUT2D eigenvalue weighted by Crippen LogP contribution is 2.64. The van der Waals surface area contributed by atoms with Gasteiger partial charge in [-0.2, -0.15) is 0 Å². The molecule has 1 heteroatoms. The summed E-state index contributed by atoms with van der Waals surface area (Å²) in [5.41, 5.74) is 25.8. The van der Waals surface area contributed by atoms with Crippen molar-refractivity contribution in [3.8, 4) is 44.5 Å². The first-order chi connectivity index (χ1) is 31.7. The van der Waals surface area contributed by atoms with Crippen molar-refractivity contribution in [3.63, 3.8) is 0 Å². The molecule has 8 aromatic carbocycles. The molecule has 0 N–H and O–H groups in total. The minimum atomic E-state index is -0.502. The van der Waals surface area contributed by atoms with E-state index in [1.807, 2.05) is 0 Å². The van der Waals surface area contributed by atoms with Crippen LogP contribution in [0.3, 0.4) is 0 Å². The fraction of sp³-hybridized carbons (Fsp3) is 0.262. The molecule has 0 atom stereocenters. The highest BCUT2D eigenvalue weighted by Gasteiger charge is 2.52. The lowest BCUT2D eigenvalue weighted by atomic mass is 9.68. The largest absolute Gasteiger partial charge is 0.310 e. The van der Waals surface area contributed by atoms with Crippen molar-refractivity contribution in [2.75, 3.05) is 4.90 Å². The van der Waals surface area contributed by atoms with Gasteiger partial charge in [-0.05, 0) is 149 Å². The second-order valence-corrected chi connectivity index (χ2v) is 22.4. The van der Waals surface area contributed by atoms with Crippen LogP contribution in [-0.2, 0) is 21.7 Å². The Morgan fingerprint density at radius 2 is 0.848 bits per heavy atom. The molecule has 0 bridgehead atoms. The van der Waals surface area contributed by atoms with Crippen molar-refractivity contribution in [3.05, 3.63) is 220 Å². The van der Waals surface area contributed by atoms with E-state index < -0.39 is 5.41 Å². The molecule has 0 saturated heterocycles. The van der Waals surface area contributed by atoms with Gasteiger partial charge in [0.2, 0.25) is 0 Å². The van der Waals surface area contributed by atoms with Gasteiger partial charge in [0.05, 0.1) is 11.1 Å². The van der Waals surface area contributed by atoms with E-state index in [-0.39, 0.29) is 16.2 Å². The monoisotopic (exact) mass is 855 g/mol. The summed E-state index contributed by atoms with van der Waals surface area (Å²) in [5.74, 6) is 0.678. The highest BCUT2D eigenvalue weighted by atomic mass is 15.1. The Kier molecular flexibility index (Phi) is 9.03. The standard InChI is InChI=1S/C65H61N/c1-62(2,3)44-29-33-52-53-34-30-45(63(4,5)6)38-59(53)65(58(52)37-44)56-23-15-12-21-50(56)54-36-32-47(40-60(54)65)66(46-31-35-51-49-20-11-14-22-55(49)64(7,8)57(51)39-46)61-24-16-13-19-48(61)43-27-25-42(26-28-43)41-17-9-10-18-41/h11-16,19-41H,9-10,17-18H2,1-8H3. The molecule has 1 fully saturated rings. The van der Waals surface area contributed by atoms with Crippen LogP contribution in [0.5, 0.6) is 0 Å². The van der Waals surface area contributed by atoms with Gasteiger partial charge < -0.3 is 4.90 Å². The van der Waals surface area contributed by atoms with Gasteiger partial charge >= 0.3 is 0 Å². The summed E-state index contributed by atoms with van der Waals surface area (Å²) in [6.45, 7) is 18.9. The normalized spacial score (nSPS) is 16.1. The topological polar surface area (TPSA) is 3.24 Å². The molecule has 1 saturated carbocycles. The molecule has 66 heavy (non-hydrogen) atoms. The van der Waals surface area contributed by atoms with E-state index in [2.05, 4.69) is 230 Å². The predicted molar refractivity (Wildman–Crippen MR) is 279 cm³/mol. The molecule has 0 radical (unpaired) electrons. The first-order valence-corrected chi connectivity index (χ1v) is 24.5. The third-order valence-electron chi connectivity index (χ3n) is 16.2. The SMILES string of the molecule is CC(C)(C)c1ccc2c(c1)C1(c3ccccc3-c3ccc(N(c4ccc5c(c4)C(C)(C)c4ccccc4-5)c4ccccc4-c4ccc(C5CCCC5)cc4)cc31)c1cc(C(C)(C)C)ccc1-2. The van der Waals surface area contributed by atoms with Crippen LogP contribution in [0, 0.1) is 0 Å². The third kappa shape index (κ3) is 5.97. The molecule has 4 aliphatic rings. The van der Waals surface area contributed by atoms with Gasteiger partial charge in [0.25, 0.3) is 0 Å². The second-order valence-electron chi connectivity index (χ2n) is 22.4. The zero-order valence-electron chi connectivity index (χ0n) is 40.0. The minimum Gasteiger partial charge on any atom is -0.310 e. The van der Waals surface area contributed by atoms with Crippen molar-refractivity contribution < 1.29 is 0 Å². The number of fused-ring (bicyclic) bond motifs is 13. The zero-order chi connectivity index (χ0) is 45.3. The van der Waals surface area contributed by atoms with Crippen LogP contribution in [-0.4, -0.2) is 0 Å². The molecule has 0 amide bonds. The van der Waals surface area contributed by atoms with Crippen molar-refractivity contribution >= 4 is 17.1 Å². The van der Waals surface area contributed by atoms with Crippen molar-refractivity contribution in [1.82, 2.24) is 0 Å². The number of rotatable bonds is 5. The Bertz CT molecular complexity index is 3180. The van der Waals surface area contributed by atoms with Crippen LogP contribution >= 0.6 is 0 Å². The van der Waals surface area contributed by atoms with Gasteiger partial charge in [0.1, 0.15) is 0 Å². The van der Waals surface area contributed by atoms with Crippen LogP contribution in [0.15, 0.2) is 170 Å². The average Bonchev–Trinajstić information content (AvgIpc) is 4.08. The molecule has 0 aliphatic heterocycles. The maximum absolute atomic E-state index is 2.58. The van der Waals surface area contributed by atoms with Crippen LogP contribution in [0.4, 0.5) is 17.1 Å². The van der Waals surface area contributed by atoms with Gasteiger partial charge in [0.15, 0.2) is 0 Å². The quantitative estimate of drug-likeness (QED) is 0.167. The molecule has 0 aromatic heterocycles. The van der Waals surface area contributed by atoms with Crippen molar-refractivity contribution in [1.29, 1.82) is 0 Å². The summed E-state index contributed by atoms with van der Waals surface area (Å²) < 4.78 is 0. The maximum Gasteiger partial charge on any atom is 0.0726 e. The Balaban J connectivity index is 1.13. The van der Waals surface area contributed by atoms with Crippen molar-refractivity contribution in [2.45, 2.75) is 109 Å². The summed E-state index contributed by atoms with van der Waals surface area (Å²) in [6.07, 6.45) is 5.28. The lowest BCUT2D eigenvalue weighted by Crippen LogP contribution is -2.27. The number of para-hydroxylation sites is 1. The Morgan fingerprint density at radius 1 is 0.409 bits per heavy atom. The maximum atomic E-state index is 2.58. The lowest BCUT2D eigenvalue weighted by molar-refractivity contribution is 0.586. The highest BCUT2D eigenvalue weighted by molar-refractivity contribution is 5.98. The third-order valence-corrected chi connectivity index (χ3v) is 16.2. The lowest BCUT2D eigenvalue weighted by Gasteiger charge is -2.34. The molecule has 8 aromatic rings. The van der Waals surface area contributed by atoms with E-state index in [1.54, 1.807) is 0 Å². The van der Waals surface area contributed by atoms with E-state index in [9.17, 15) is 0 Å². The Labute approximate surface area is 393 Å². The van der Waals surface area contributed by atoms with E-state index in [1.165, 1.54) is 132 Å². The Hall–Kier alpha value is -6.44. The Morgan fingerprint density at radius 3 is 1.42 bits per heavy atom. The number of nitrogens with zero attached hydrogens (tertiary/aromatic N) is 1. The number of hydrogen-bond acceptors (Lipinski definition) is 1. The fourth-order valence-electron chi connectivity index (χ4n) is 12.6. The summed E-state index contributed by atoms with van der Waals surface area (Å²) in [5, 5.41) is 0. The van der Waals surface area contributed by atoms with E-state index >= 15 is 0 Å². The first-order valence-electron chi connectivity index (χ1n) is 24.5. The average molecular weight is 856 g/mol. The fourth-order valence-corrected chi connectivity index (χ4v) is 12.6. The second kappa shape index (κ2) is 14.5. The number of hydrogen-bond donors (Lipinski definition) is 0. The molecule has 0 unspecified atom stereocenters. The zero-order valence-corrected chi connectivity index (χ0v) is 40.0. The van der Waals surface area contributed by atoms with Gasteiger partial charge in [-0.3, -0.25) is 0 Å². The minimum absolute atomic E-state index is 0.0127. The van der Waals surface area contributed by atoms with Crippen molar-refractivity contribution in [2.24, 2.45) is 0 Å². The summed E-state index contributed by atoms with van der Waals surface area (Å²) in [6, 6.07) is 66.4. The predicted octanol–water partition coefficient (Wildman–Crippen LogP) is 17.7. The van der Waals surface area contributed by atoms with Gasteiger partial charge in [0, 0.05) is 22.4 Å².